The zero-order valence-electron chi connectivity index (χ0n) is 10.5. The smallest absolute Gasteiger partial charge is 0.354 e. The lowest BCUT2D eigenvalue weighted by Gasteiger charge is -2.36. The van der Waals surface area contributed by atoms with Crippen LogP contribution in [0.5, 0.6) is 0 Å². The number of carbonyl (C=O) groups excluding carboxylic acids is 2. The molecule has 3 N–H and O–H groups in total. The van der Waals surface area contributed by atoms with Crippen molar-refractivity contribution in [2.75, 3.05) is 26.2 Å². The molecule has 20 heavy (non-hydrogen) atoms. The Balaban J connectivity index is 1.77. The summed E-state index contributed by atoms with van der Waals surface area (Å²) in [6.45, 7) is 1.68. The van der Waals surface area contributed by atoms with Gasteiger partial charge in [0.15, 0.2) is 11.4 Å². The summed E-state index contributed by atoms with van der Waals surface area (Å²) < 4.78 is 0. The van der Waals surface area contributed by atoms with Crippen molar-refractivity contribution in [2.45, 2.75) is 6.04 Å². The first-order valence-corrected chi connectivity index (χ1v) is 6.18. The summed E-state index contributed by atoms with van der Waals surface area (Å²) in [4.78, 5) is 44.2. The minimum atomic E-state index is -1.22. The first-order valence-electron chi connectivity index (χ1n) is 6.18. The number of nitrogens with zero attached hydrogens (tertiary/aromatic N) is 3. The second kappa shape index (κ2) is 4.51. The summed E-state index contributed by atoms with van der Waals surface area (Å²) in [5.74, 6) is -1.65. The van der Waals surface area contributed by atoms with E-state index in [4.69, 9.17) is 5.11 Å². The molecule has 1 aromatic heterocycles. The SMILES string of the molecule is O=C(O)c1[nH]cnc1C(=O)N1CCN2C(=O)NCC2C1. The van der Waals surface area contributed by atoms with Crippen LogP contribution >= 0.6 is 0 Å². The number of hydrogen-bond donors (Lipinski definition) is 3. The van der Waals surface area contributed by atoms with Crippen LogP contribution in [-0.2, 0) is 0 Å². The third-order valence-corrected chi connectivity index (χ3v) is 3.58. The highest BCUT2D eigenvalue weighted by molar-refractivity contribution is 6.02. The molecule has 0 radical (unpaired) electrons. The van der Waals surface area contributed by atoms with Crippen LogP contribution in [0.2, 0.25) is 0 Å². The normalized spacial score (nSPS) is 21.6. The van der Waals surface area contributed by atoms with E-state index in [9.17, 15) is 14.4 Å². The number of piperazine rings is 1. The fourth-order valence-electron chi connectivity index (χ4n) is 2.56. The first kappa shape index (κ1) is 12.5. The molecule has 2 aliphatic heterocycles. The summed E-state index contributed by atoms with van der Waals surface area (Å²) in [6.07, 6.45) is 1.19. The van der Waals surface area contributed by atoms with Crippen molar-refractivity contribution >= 4 is 17.9 Å². The van der Waals surface area contributed by atoms with Crippen LogP contribution in [0.3, 0.4) is 0 Å². The number of fused-ring (bicyclic) bond motifs is 1. The maximum Gasteiger partial charge on any atom is 0.354 e. The van der Waals surface area contributed by atoms with Crippen LogP contribution < -0.4 is 5.32 Å². The van der Waals surface area contributed by atoms with Crippen LogP contribution in [0.1, 0.15) is 21.0 Å². The summed E-state index contributed by atoms with van der Waals surface area (Å²) in [5.41, 5.74) is -0.304. The number of carboxylic acids is 1. The fourth-order valence-corrected chi connectivity index (χ4v) is 2.56. The van der Waals surface area contributed by atoms with Crippen molar-refractivity contribution in [2.24, 2.45) is 0 Å². The molecule has 9 nitrogen and oxygen atoms in total. The molecule has 106 valence electrons. The number of aromatic amines is 1. The van der Waals surface area contributed by atoms with Crippen LogP contribution in [0.4, 0.5) is 4.79 Å². The second-order valence-electron chi connectivity index (χ2n) is 4.72. The number of aromatic carboxylic acids is 1. The molecule has 2 fully saturated rings. The van der Waals surface area contributed by atoms with Gasteiger partial charge in [-0.3, -0.25) is 4.79 Å². The number of amides is 3. The number of imidazole rings is 1. The Morgan fingerprint density at radius 2 is 2.20 bits per heavy atom. The fraction of sp³-hybridized carbons (Fsp3) is 0.455. The van der Waals surface area contributed by atoms with Gasteiger partial charge in [0.2, 0.25) is 0 Å². The van der Waals surface area contributed by atoms with Gasteiger partial charge in [-0.25, -0.2) is 14.6 Å². The molecule has 1 atom stereocenters. The van der Waals surface area contributed by atoms with E-state index >= 15 is 0 Å². The second-order valence-corrected chi connectivity index (χ2v) is 4.72. The quantitative estimate of drug-likeness (QED) is 0.638. The highest BCUT2D eigenvalue weighted by atomic mass is 16.4. The van der Waals surface area contributed by atoms with Gasteiger partial charge in [-0.2, -0.15) is 0 Å². The van der Waals surface area contributed by atoms with E-state index in [1.165, 1.54) is 11.2 Å². The van der Waals surface area contributed by atoms with Crippen molar-refractivity contribution in [1.29, 1.82) is 0 Å². The van der Waals surface area contributed by atoms with Crippen molar-refractivity contribution in [3.63, 3.8) is 0 Å². The molecule has 9 heteroatoms. The number of rotatable bonds is 2. The van der Waals surface area contributed by atoms with Gasteiger partial charge >= 0.3 is 12.0 Å². The van der Waals surface area contributed by atoms with Gasteiger partial charge in [-0.05, 0) is 0 Å². The van der Waals surface area contributed by atoms with E-state index in [2.05, 4.69) is 15.3 Å². The molecule has 0 saturated carbocycles. The number of urea groups is 1. The molecule has 3 heterocycles. The monoisotopic (exact) mass is 279 g/mol. The van der Waals surface area contributed by atoms with Crippen molar-refractivity contribution in [3.05, 3.63) is 17.7 Å². The molecule has 3 rings (SSSR count). The van der Waals surface area contributed by atoms with Gasteiger partial charge in [0, 0.05) is 26.2 Å². The standard InChI is InChI=1S/C11H13N5O4/c17-9(7-8(10(18)19)14-5-13-7)15-1-2-16-6(4-15)3-12-11(16)20/h5-6H,1-4H2,(H,12,20)(H,13,14)(H,18,19). The Labute approximate surface area is 113 Å². The van der Waals surface area contributed by atoms with Gasteiger partial charge in [-0.1, -0.05) is 0 Å². The lowest BCUT2D eigenvalue weighted by atomic mass is 10.1. The van der Waals surface area contributed by atoms with E-state index in [1.807, 2.05) is 0 Å². The summed E-state index contributed by atoms with van der Waals surface area (Å²) >= 11 is 0. The number of aromatic nitrogens is 2. The van der Waals surface area contributed by atoms with Crippen LogP contribution in [0.25, 0.3) is 0 Å². The highest BCUT2D eigenvalue weighted by Crippen LogP contribution is 2.17. The molecule has 2 aliphatic rings. The van der Waals surface area contributed by atoms with Crippen LogP contribution in [-0.4, -0.2) is 75.0 Å². The van der Waals surface area contributed by atoms with Crippen molar-refractivity contribution < 1.29 is 19.5 Å². The number of nitrogens with one attached hydrogen (secondary N) is 2. The van der Waals surface area contributed by atoms with E-state index < -0.39 is 11.9 Å². The largest absolute Gasteiger partial charge is 0.477 e. The molecule has 1 unspecified atom stereocenters. The number of hydrogen-bond acceptors (Lipinski definition) is 4. The maximum absolute atomic E-state index is 12.3. The number of carbonyl (C=O) groups is 3. The molecule has 0 spiro atoms. The Morgan fingerprint density at radius 1 is 1.40 bits per heavy atom. The Kier molecular flexibility index (Phi) is 2.81. The first-order chi connectivity index (χ1) is 9.58. The lowest BCUT2D eigenvalue weighted by Crippen LogP contribution is -2.54. The van der Waals surface area contributed by atoms with Crippen LogP contribution in [0.15, 0.2) is 6.33 Å². The Morgan fingerprint density at radius 3 is 2.95 bits per heavy atom. The lowest BCUT2D eigenvalue weighted by molar-refractivity contribution is 0.0594. The number of H-pyrrole nitrogens is 1. The molecule has 3 amide bonds. The van der Waals surface area contributed by atoms with Gasteiger partial charge < -0.3 is 25.2 Å². The molecule has 2 saturated heterocycles. The topological polar surface area (TPSA) is 119 Å². The highest BCUT2D eigenvalue weighted by Gasteiger charge is 2.38. The average molecular weight is 279 g/mol. The van der Waals surface area contributed by atoms with Crippen LogP contribution in [0, 0.1) is 0 Å². The summed E-state index contributed by atoms with van der Waals surface area (Å²) in [5, 5.41) is 11.7. The number of carboxylic acid groups (broad SMARTS) is 1. The average Bonchev–Trinajstić information content (AvgIpc) is 3.05. The summed E-state index contributed by atoms with van der Waals surface area (Å²) in [7, 11) is 0. The van der Waals surface area contributed by atoms with Gasteiger partial charge in [0.1, 0.15) is 0 Å². The minimum Gasteiger partial charge on any atom is -0.477 e. The maximum atomic E-state index is 12.3. The molecule has 0 aromatic carbocycles. The molecule has 0 aliphatic carbocycles. The van der Waals surface area contributed by atoms with E-state index in [0.29, 0.717) is 26.2 Å². The third kappa shape index (κ3) is 1.87. The van der Waals surface area contributed by atoms with Gasteiger partial charge in [0.05, 0.1) is 12.4 Å². The molecule has 0 bridgehead atoms. The van der Waals surface area contributed by atoms with Crippen molar-refractivity contribution in [3.8, 4) is 0 Å². The predicted molar refractivity (Wildman–Crippen MR) is 65.3 cm³/mol. The Bertz CT molecular complexity index is 583. The third-order valence-electron chi connectivity index (χ3n) is 3.58. The summed E-state index contributed by atoms with van der Waals surface area (Å²) in [6, 6.07) is -0.180. The zero-order valence-corrected chi connectivity index (χ0v) is 10.5. The van der Waals surface area contributed by atoms with Crippen molar-refractivity contribution in [1.82, 2.24) is 25.1 Å². The molecule has 1 aromatic rings. The predicted octanol–water partition coefficient (Wildman–Crippen LogP) is -1.04. The Hall–Kier alpha value is -2.58. The van der Waals surface area contributed by atoms with Gasteiger partial charge in [0.25, 0.3) is 5.91 Å². The van der Waals surface area contributed by atoms with E-state index in [0.717, 1.165) is 0 Å². The van der Waals surface area contributed by atoms with E-state index in [-0.39, 0.29) is 23.5 Å². The minimum absolute atomic E-state index is 0.0626. The van der Waals surface area contributed by atoms with Gasteiger partial charge in [-0.15, -0.1) is 0 Å². The zero-order chi connectivity index (χ0) is 14.3. The molecular formula is C11H13N5O4. The van der Waals surface area contributed by atoms with E-state index in [1.54, 1.807) is 4.90 Å². The molecular weight excluding hydrogens is 266 g/mol.